The number of carbonyl (C=O) groups is 1. The van der Waals surface area contributed by atoms with Gasteiger partial charge >= 0.3 is 0 Å². The minimum atomic E-state index is -0.110. The number of hydrogen-bond donors (Lipinski definition) is 0. The van der Waals surface area contributed by atoms with Crippen molar-refractivity contribution in [2.75, 3.05) is 26.4 Å². The number of amides is 1. The zero-order valence-electron chi connectivity index (χ0n) is 17.9. The van der Waals surface area contributed by atoms with Crippen LogP contribution in [0.2, 0.25) is 0 Å². The molecular weight excluding hydrogens is 557 g/mol. The highest BCUT2D eigenvalue weighted by Gasteiger charge is 2.31. The van der Waals surface area contributed by atoms with Gasteiger partial charge in [0.25, 0.3) is 5.91 Å². The van der Waals surface area contributed by atoms with Crippen molar-refractivity contribution in [3.63, 3.8) is 0 Å². The van der Waals surface area contributed by atoms with Gasteiger partial charge in [0.2, 0.25) is 0 Å². The maximum atomic E-state index is 12.6. The van der Waals surface area contributed by atoms with Crippen molar-refractivity contribution < 1.29 is 19.0 Å². The van der Waals surface area contributed by atoms with Gasteiger partial charge in [0.15, 0.2) is 11.5 Å². The molecule has 3 rings (SSSR count). The first-order valence-electron chi connectivity index (χ1n) is 10.1. The van der Waals surface area contributed by atoms with Gasteiger partial charge < -0.3 is 14.2 Å². The van der Waals surface area contributed by atoms with E-state index in [1.54, 1.807) is 11.0 Å². The van der Waals surface area contributed by atoms with Crippen LogP contribution in [0.1, 0.15) is 18.1 Å². The zero-order valence-corrected chi connectivity index (χ0v) is 21.7. The number of hydrogen-bond acceptors (Lipinski definition) is 6. The second kappa shape index (κ2) is 11.7. The van der Waals surface area contributed by atoms with Gasteiger partial charge in [-0.25, -0.2) is 0 Å². The van der Waals surface area contributed by atoms with Gasteiger partial charge in [-0.1, -0.05) is 48.3 Å². The molecule has 1 amide bonds. The lowest BCUT2D eigenvalue weighted by Crippen LogP contribution is -2.27. The molecule has 0 spiro atoms. The summed E-state index contributed by atoms with van der Waals surface area (Å²) in [5.74, 6) is 2.03. The van der Waals surface area contributed by atoms with Gasteiger partial charge in [0.05, 0.1) is 15.1 Å². The highest BCUT2D eigenvalue weighted by atomic mass is 127. The van der Waals surface area contributed by atoms with Crippen LogP contribution in [-0.4, -0.2) is 41.5 Å². The molecule has 1 aliphatic rings. The molecule has 0 saturated carbocycles. The van der Waals surface area contributed by atoms with Crippen LogP contribution in [0.15, 0.2) is 54.0 Å². The van der Waals surface area contributed by atoms with E-state index in [0.717, 1.165) is 20.4 Å². The third kappa shape index (κ3) is 6.05. The first-order chi connectivity index (χ1) is 15.4. The van der Waals surface area contributed by atoms with Gasteiger partial charge in [-0.2, -0.15) is 0 Å². The number of thiocarbonyl (C=S) groups is 1. The Morgan fingerprint density at radius 3 is 2.62 bits per heavy atom. The summed E-state index contributed by atoms with van der Waals surface area (Å²) in [7, 11) is 0. The summed E-state index contributed by atoms with van der Waals surface area (Å²) in [5.41, 5.74) is 1.93. The van der Waals surface area contributed by atoms with Gasteiger partial charge in [-0.05, 0) is 71.8 Å². The fourth-order valence-corrected chi connectivity index (χ4v) is 5.08. The van der Waals surface area contributed by atoms with Crippen molar-refractivity contribution in [1.82, 2.24) is 4.90 Å². The maximum Gasteiger partial charge on any atom is 0.266 e. The van der Waals surface area contributed by atoms with Crippen molar-refractivity contribution in [3.05, 3.63) is 68.7 Å². The summed E-state index contributed by atoms with van der Waals surface area (Å²) in [4.78, 5) is 14.7. The zero-order chi connectivity index (χ0) is 23.1. The average molecular weight is 581 g/mol. The molecule has 1 saturated heterocycles. The molecule has 1 aliphatic heterocycles. The van der Waals surface area contributed by atoms with Crippen LogP contribution in [-0.2, 0) is 4.79 Å². The SMILES string of the molecule is C=CCN1C(=O)/C(=C/c2cc(I)c(OCCOc3ccccc3C)c(OCC)c2)SC1=S. The maximum absolute atomic E-state index is 12.6. The topological polar surface area (TPSA) is 48.0 Å². The van der Waals surface area contributed by atoms with Crippen LogP contribution in [0.3, 0.4) is 0 Å². The summed E-state index contributed by atoms with van der Waals surface area (Å²) in [6.07, 6.45) is 3.50. The van der Waals surface area contributed by atoms with E-state index in [4.69, 9.17) is 26.4 Å². The molecule has 1 fully saturated rings. The number of para-hydroxylation sites is 1. The number of benzene rings is 2. The first kappa shape index (κ1) is 24.6. The van der Waals surface area contributed by atoms with Crippen LogP contribution in [0.4, 0.5) is 0 Å². The smallest absolute Gasteiger partial charge is 0.266 e. The van der Waals surface area contributed by atoms with Crippen molar-refractivity contribution in [3.8, 4) is 17.2 Å². The quantitative estimate of drug-likeness (QED) is 0.116. The third-order valence-corrected chi connectivity index (χ3v) is 6.67. The Kier molecular flexibility index (Phi) is 9.01. The summed E-state index contributed by atoms with van der Waals surface area (Å²) >= 11 is 8.82. The summed E-state index contributed by atoms with van der Waals surface area (Å²) in [5, 5.41) is 0. The van der Waals surface area contributed by atoms with E-state index in [1.807, 2.05) is 56.3 Å². The van der Waals surface area contributed by atoms with E-state index in [-0.39, 0.29) is 5.91 Å². The Hall–Kier alpha value is -2.04. The number of carbonyl (C=O) groups excluding carboxylic acids is 1. The molecule has 0 N–H and O–H groups in total. The van der Waals surface area contributed by atoms with E-state index in [1.165, 1.54) is 11.8 Å². The lowest BCUT2D eigenvalue weighted by Gasteiger charge is -2.15. The number of ether oxygens (including phenoxy) is 3. The molecular formula is C24H24INO4S2. The summed E-state index contributed by atoms with van der Waals surface area (Å²) in [6, 6.07) is 11.7. The number of thioether (sulfide) groups is 1. The third-order valence-electron chi connectivity index (χ3n) is 4.50. The largest absolute Gasteiger partial charge is 0.490 e. The lowest BCUT2D eigenvalue weighted by atomic mass is 10.2. The Morgan fingerprint density at radius 1 is 1.16 bits per heavy atom. The highest BCUT2D eigenvalue weighted by Crippen LogP contribution is 2.37. The molecule has 1 heterocycles. The number of nitrogens with zero attached hydrogens (tertiary/aromatic N) is 1. The Bertz CT molecular complexity index is 1050. The average Bonchev–Trinajstić information content (AvgIpc) is 3.01. The molecule has 0 aliphatic carbocycles. The van der Waals surface area contributed by atoms with Gasteiger partial charge in [0.1, 0.15) is 23.3 Å². The van der Waals surface area contributed by atoms with Crippen molar-refractivity contribution >= 4 is 62.9 Å². The minimum Gasteiger partial charge on any atom is -0.490 e. The molecule has 0 atom stereocenters. The fourth-order valence-electron chi connectivity index (χ4n) is 3.03. The Morgan fingerprint density at radius 2 is 1.91 bits per heavy atom. The Labute approximate surface area is 211 Å². The second-order valence-corrected chi connectivity index (χ2v) is 9.64. The molecule has 0 aromatic heterocycles. The van der Waals surface area contributed by atoms with Crippen LogP contribution in [0.5, 0.6) is 17.2 Å². The van der Waals surface area contributed by atoms with Crippen molar-refractivity contribution in [2.45, 2.75) is 13.8 Å². The van der Waals surface area contributed by atoms with E-state index >= 15 is 0 Å². The Balaban J connectivity index is 1.73. The van der Waals surface area contributed by atoms with E-state index in [2.05, 4.69) is 29.2 Å². The fraction of sp³-hybridized carbons (Fsp3) is 0.250. The van der Waals surface area contributed by atoms with Gasteiger partial charge in [0, 0.05) is 6.54 Å². The van der Waals surface area contributed by atoms with E-state index in [9.17, 15) is 4.79 Å². The van der Waals surface area contributed by atoms with Crippen LogP contribution < -0.4 is 14.2 Å². The molecule has 0 bridgehead atoms. The monoisotopic (exact) mass is 581 g/mol. The van der Waals surface area contributed by atoms with Crippen LogP contribution in [0.25, 0.3) is 6.08 Å². The van der Waals surface area contributed by atoms with E-state index in [0.29, 0.717) is 47.1 Å². The molecule has 32 heavy (non-hydrogen) atoms. The number of aryl methyl sites for hydroxylation is 1. The van der Waals surface area contributed by atoms with Crippen molar-refractivity contribution in [2.24, 2.45) is 0 Å². The predicted octanol–water partition coefficient (Wildman–Crippen LogP) is 5.84. The standard InChI is InChI=1S/C24H24INO4S2/c1-4-10-26-23(27)21(32-24(26)31)15-17-13-18(25)22(20(14-17)28-5-2)30-12-11-29-19-9-7-6-8-16(19)3/h4,6-9,13-15H,1,5,10-12H2,2-3H3/b21-15-. The molecule has 2 aromatic rings. The number of rotatable bonds is 10. The summed E-state index contributed by atoms with van der Waals surface area (Å²) in [6.45, 7) is 9.31. The molecule has 5 nitrogen and oxygen atoms in total. The minimum absolute atomic E-state index is 0.110. The highest BCUT2D eigenvalue weighted by molar-refractivity contribution is 14.1. The summed E-state index contributed by atoms with van der Waals surface area (Å²) < 4.78 is 19.1. The van der Waals surface area contributed by atoms with Gasteiger partial charge in [-0.3, -0.25) is 9.69 Å². The molecule has 0 radical (unpaired) electrons. The second-order valence-electron chi connectivity index (χ2n) is 6.81. The lowest BCUT2D eigenvalue weighted by molar-refractivity contribution is -0.121. The first-order valence-corrected chi connectivity index (χ1v) is 12.4. The van der Waals surface area contributed by atoms with Crippen LogP contribution in [0, 0.1) is 10.5 Å². The predicted molar refractivity (Wildman–Crippen MR) is 143 cm³/mol. The van der Waals surface area contributed by atoms with Crippen molar-refractivity contribution in [1.29, 1.82) is 0 Å². The number of halogens is 1. The molecule has 8 heteroatoms. The van der Waals surface area contributed by atoms with Crippen LogP contribution >= 0.6 is 46.6 Å². The normalized spacial score (nSPS) is 14.7. The van der Waals surface area contributed by atoms with E-state index < -0.39 is 0 Å². The molecule has 2 aromatic carbocycles. The molecule has 0 unspecified atom stereocenters. The van der Waals surface area contributed by atoms with Gasteiger partial charge in [-0.15, -0.1) is 6.58 Å². The molecule has 168 valence electrons.